The van der Waals surface area contributed by atoms with Gasteiger partial charge in [-0.05, 0) is 62.2 Å². The van der Waals surface area contributed by atoms with E-state index in [1.165, 1.54) is 40.5 Å². The van der Waals surface area contributed by atoms with Gasteiger partial charge in [-0.1, -0.05) is 30.4 Å². The molecule has 33 heavy (non-hydrogen) atoms. The molecule has 0 radical (unpaired) electrons. The van der Waals surface area contributed by atoms with Crippen molar-refractivity contribution in [1.29, 1.82) is 0 Å². The summed E-state index contributed by atoms with van der Waals surface area (Å²) in [5.41, 5.74) is 0.713. The number of aliphatic hydroxyl groups excluding tert-OH is 1. The maximum Gasteiger partial charge on any atom is 0.301 e. The maximum atomic E-state index is 13.4. The molecule has 4 rings (SSSR count). The molecule has 2 heterocycles. The predicted octanol–water partition coefficient (Wildman–Crippen LogP) is 4.65. The molecule has 1 fully saturated rings. The van der Waals surface area contributed by atoms with Gasteiger partial charge < -0.3 is 9.84 Å². The molecule has 1 aliphatic heterocycles. The Balaban J connectivity index is 1.87. The molecule has 1 saturated heterocycles. The average molecular weight is 468 g/mol. The molecule has 1 amide bonds. The van der Waals surface area contributed by atoms with E-state index in [9.17, 15) is 19.1 Å². The molecule has 3 aromatic rings. The van der Waals surface area contributed by atoms with Crippen LogP contribution in [0.25, 0.3) is 5.76 Å². The summed E-state index contributed by atoms with van der Waals surface area (Å²) in [6.45, 7) is 5.73. The summed E-state index contributed by atoms with van der Waals surface area (Å²) in [5.74, 6) is -1.90. The highest BCUT2D eigenvalue weighted by atomic mass is 32.1. The molecule has 7 nitrogen and oxygen atoms in total. The molecule has 1 aromatic heterocycles. The molecule has 2 aromatic carbocycles. The summed E-state index contributed by atoms with van der Waals surface area (Å²) in [4.78, 5) is 27.4. The number of ether oxygens (including phenoxy) is 1. The van der Waals surface area contributed by atoms with Crippen molar-refractivity contribution >= 4 is 33.9 Å². The SMILES string of the molecule is CCc1nnc(N2C(=O)C(=O)/C(=C(/O)c3ccc(F)cc3)C2c2ccc(OC(C)C)cc2)s1. The smallest absolute Gasteiger partial charge is 0.301 e. The van der Waals surface area contributed by atoms with Gasteiger partial charge in [0, 0.05) is 5.56 Å². The third-order valence-corrected chi connectivity index (χ3v) is 6.16. The minimum Gasteiger partial charge on any atom is -0.507 e. The average Bonchev–Trinajstić information content (AvgIpc) is 3.37. The second-order valence-corrected chi connectivity index (χ2v) is 8.78. The zero-order chi connectivity index (χ0) is 23.7. The van der Waals surface area contributed by atoms with Crippen molar-refractivity contribution in [3.63, 3.8) is 0 Å². The van der Waals surface area contributed by atoms with Crippen LogP contribution in [0.3, 0.4) is 0 Å². The first-order valence-corrected chi connectivity index (χ1v) is 11.3. The van der Waals surface area contributed by atoms with E-state index in [0.29, 0.717) is 22.7 Å². The number of rotatable bonds is 6. The summed E-state index contributed by atoms with van der Waals surface area (Å²) < 4.78 is 19.1. The molecule has 0 bridgehead atoms. The Bertz CT molecular complexity index is 1220. The van der Waals surface area contributed by atoms with Crippen LogP contribution in [0.2, 0.25) is 0 Å². The lowest BCUT2D eigenvalue weighted by atomic mass is 9.95. The summed E-state index contributed by atoms with van der Waals surface area (Å²) in [6, 6.07) is 11.1. The summed E-state index contributed by atoms with van der Waals surface area (Å²) in [6.07, 6.45) is 0.608. The van der Waals surface area contributed by atoms with Gasteiger partial charge in [-0.25, -0.2) is 4.39 Å². The normalized spacial score (nSPS) is 17.7. The molecule has 0 aliphatic carbocycles. The third-order valence-electron chi connectivity index (χ3n) is 5.09. The first kappa shape index (κ1) is 22.6. The number of ketones is 1. The van der Waals surface area contributed by atoms with Gasteiger partial charge in [0.2, 0.25) is 5.13 Å². The maximum absolute atomic E-state index is 13.4. The fourth-order valence-corrected chi connectivity index (χ4v) is 4.40. The van der Waals surface area contributed by atoms with Crippen LogP contribution in [0.5, 0.6) is 5.75 Å². The van der Waals surface area contributed by atoms with E-state index in [-0.39, 0.29) is 28.1 Å². The first-order valence-electron chi connectivity index (χ1n) is 10.5. The number of hydrogen-bond donors (Lipinski definition) is 1. The molecular formula is C24H22FN3O4S. The molecule has 9 heteroatoms. The number of Topliss-reactive ketones (excluding diaryl/α,β-unsaturated/α-hetero) is 1. The molecule has 1 aliphatic rings. The third kappa shape index (κ3) is 4.36. The molecular weight excluding hydrogens is 445 g/mol. The number of halogens is 1. The van der Waals surface area contributed by atoms with Crippen LogP contribution in [0, 0.1) is 5.82 Å². The van der Waals surface area contributed by atoms with Crippen molar-refractivity contribution in [2.24, 2.45) is 0 Å². The summed E-state index contributed by atoms with van der Waals surface area (Å²) in [7, 11) is 0. The lowest BCUT2D eigenvalue weighted by molar-refractivity contribution is -0.132. The quantitative estimate of drug-likeness (QED) is 0.322. The molecule has 1 N–H and O–H groups in total. The van der Waals surface area contributed by atoms with Crippen LogP contribution in [0.1, 0.15) is 42.9 Å². The first-order chi connectivity index (χ1) is 15.8. The lowest BCUT2D eigenvalue weighted by Gasteiger charge is -2.23. The zero-order valence-electron chi connectivity index (χ0n) is 18.3. The topological polar surface area (TPSA) is 92.6 Å². The van der Waals surface area contributed by atoms with Gasteiger partial charge in [0.05, 0.1) is 17.7 Å². The number of hydrogen-bond acceptors (Lipinski definition) is 7. The van der Waals surface area contributed by atoms with E-state index in [0.717, 1.165) is 0 Å². The number of aromatic nitrogens is 2. The Labute approximate surface area is 194 Å². The minimum atomic E-state index is -0.930. The second kappa shape index (κ2) is 9.11. The Hall–Kier alpha value is -3.59. The predicted molar refractivity (Wildman–Crippen MR) is 123 cm³/mol. The lowest BCUT2D eigenvalue weighted by Crippen LogP contribution is -2.29. The Morgan fingerprint density at radius 2 is 1.79 bits per heavy atom. The highest BCUT2D eigenvalue weighted by molar-refractivity contribution is 7.15. The minimum absolute atomic E-state index is 0.0196. The molecule has 0 saturated carbocycles. The number of nitrogens with zero attached hydrogens (tertiary/aromatic N) is 3. The van der Waals surface area contributed by atoms with Gasteiger partial charge in [-0.2, -0.15) is 0 Å². The van der Waals surface area contributed by atoms with Crippen molar-refractivity contribution in [3.8, 4) is 5.75 Å². The Morgan fingerprint density at radius 1 is 1.12 bits per heavy atom. The van der Waals surface area contributed by atoms with Crippen molar-refractivity contribution in [3.05, 3.63) is 76.1 Å². The Morgan fingerprint density at radius 3 is 2.36 bits per heavy atom. The molecule has 1 unspecified atom stereocenters. The van der Waals surface area contributed by atoms with E-state index < -0.39 is 23.5 Å². The molecule has 170 valence electrons. The Kier molecular flexibility index (Phi) is 6.24. The van der Waals surface area contributed by atoms with Crippen LogP contribution in [0.15, 0.2) is 54.1 Å². The number of benzene rings is 2. The van der Waals surface area contributed by atoms with Gasteiger partial charge in [-0.15, -0.1) is 10.2 Å². The fraction of sp³-hybridized carbons (Fsp3) is 0.250. The highest BCUT2D eigenvalue weighted by Crippen LogP contribution is 2.43. The number of aryl methyl sites for hydroxylation is 1. The monoisotopic (exact) mass is 467 g/mol. The number of carbonyl (C=O) groups excluding carboxylic acids is 2. The van der Waals surface area contributed by atoms with E-state index in [2.05, 4.69) is 10.2 Å². The van der Waals surface area contributed by atoms with Gasteiger partial charge in [0.25, 0.3) is 5.78 Å². The number of amides is 1. The van der Waals surface area contributed by atoms with Crippen molar-refractivity contribution < 1.29 is 23.8 Å². The summed E-state index contributed by atoms with van der Waals surface area (Å²) in [5, 5.41) is 20.2. The zero-order valence-corrected chi connectivity index (χ0v) is 19.1. The van der Waals surface area contributed by atoms with Crippen LogP contribution in [-0.2, 0) is 16.0 Å². The van der Waals surface area contributed by atoms with Crippen LogP contribution < -0.4 is 9.64 Å². The van der Waals surface area contributed by atoms with E-state index in [4.69, 9.17) is 4.74 Å². The highest BCUT2D eigenvalue weighted by Gasteiger charge is 2.48. The largest absolute Gasteiger partial charge is 0.507 e. The van der Waals surface area contributed by atoms with E-state index in [1.54, 1.807) is 24.3 Å². The second-order valence-electron chi connectivity index (χ2n) is 7.74. The van der Waals surface area contributed by atoms with Crippen molar-refractivity contribution in [1.82, 2.24) is 10.2 Å². The fourth-order valence-electron chi connectivity index (χ4n) is 3.59. The number of aliphatic hydroxyl groups is 1. The van der Waals surface area contributed by atoms with Gasteiger partial charge >= 0.3 is 5.91 Å². The van der Waals surface area contributed by atoms with Gasteiger partial charge in [0.1, 0.15) is 22.3 Å². The number of anilines is 1. The van der Waals surface area contributed by atoms with E-state index in [1.807, 2.05) is 20.8 Å². The van der Waals surface area contributed by atoms with Gasteiger partial charge in [-0.3, -0.25) is 14.5 Å². The van der Waals surface area contributed by atoms with Crippen LogP contribution in [0.4, 0.5) is 9.52 Å². The van der Waals surface area contributed by atoms with E-state index >= 15 is 0 Å². The van der Waals surface area contributed by atoms with Crippen LogP contribution >= 0.6 is 11.3 Å². The molecule has 1 atom stereocenters. The number of carbonyl (C=O) groups is 2. The van der Waals surface area contributed by atoms with Crippen LogP contribution in [-0.4, -0.2) is 33.1 Å². The van der Waals surface area contributed by atoms with Crippen molar-refractivity contribution in [2.45, 2.75) is 39.3 Å². The van der Waals surface area contributed by atoms with Crippen molar-refractivity contribution in [2.75, 3.05) is 4.90 Å². The molecule has 0 spiro atoms. The standard InChI is InChI=1S/C24H22FN3O4S/c1-4-18-26-27-24(33-18)28-20(14-7-11-17(12-8-14)32-13(2)3)19(22(30)23(28)31)21(29)15-5-9-16(25)10-6-15/h5-13,20,29H,4H2,1-3H3/b21-19+. The summed E-state index contributed by atoms with van der Waals surface area (Å²) >= 11 is 1.21. The van der Waals surface area contributed by atoms with Gasteiger partial charge in [0.15, 0.2) is 0 Å².